The maximum absolute atomic E-state index is 14.1. The average Bonchev–Trinajstić information content (AvgIpc) is 2.95. The predicted octanol–water partition coefficient (Wildman–Crippen LogP) is 5.32. The Morgan fingerprint density at radius 2 is 1.65 bits per heavy atom. The van der Waals surface area contributed by atoms with Gasteiger partial charge < -0.3 is 15.0 Å². The number of hydrogen-bond donors (Lipinski definition) is 1. The van der Waals surface area contributed by atoms with Gasteiger partial charge in [0.1, 0.15) is 18.3 Å². The summed E-state index contributed by atoms with van der Waals surface area (Å²) in [6.45, 7) is 5.53. The van der Waals surface area contributed by atoms with Gasteiger partial charge in [0.25, 0.3) is 10.0 Å². The molecule has 3 rings (SSSR count). The van der Waals surface area contributed by atoms with Crippen LogP contribution in [0.1, 0.15) is 26.3 Å². The number of thioether (sulfide) groups is 1. The van der Waals surface area contributed by atoms with Gasteiger partial charge in [-0.2, -0.15) is 0 Å². The molecule has 1 atom stereocenters. The zero-order chi connectivity index (χ0) is 29.3. The van der Waals surface area contributed by atoms with E-state index >= 15 is 0 Å². The Morgan fingerprint density at radius 1 is 1.00 bits per heavy atom. The third kappa shape index (κ3) is 7.80. The van der Waals surface area contributed by atoms with E-state index in [4.69, 9.17) is 4.74 Å². The van der Waals surface area contributed by atoms with Gasteiger partial charge in [-0.3, -0.25) is 13.9 Å². The number of anilines is 1. The third-order valence-electron chi connectivity index (χ3n) is 6.14. The number of halogens is 1. The molecule has 0 saturated carbocycles. The van der Waals surface area contributed by atoms with E-state index in [2.05, 4.69) is 21.2 Å². The fourth-order valence-corrected chi connectivity index (χ4v) is 6.12. The van der Waals surface area contributed by atoms with Crippen LogP contribution in [0.5, 0.6) is 5.75 Å². The minimum absolute atomic E-state index is 0.0423. The van der Waals surface area contributed by atoms with Gasteiger partial charge in [-0.15, -0.1) is 11.8 Å². The Bertz CT molecular complexity index is 1400. The number of hydrogen-bond acceptors (Lipinski definition) is 6. The van der Waals surface area contributed by atoms with Crippen molar-refractivity contribution >= 4 is 55.2 Å². The molecule has 0 aliphatic carbocycles. The fraction of sp³-hybridized carbons (Fsp3) is 0.310. The number of amides is 2. The van der Waals surface area contributed by atoms with E-state index in [-0.39, 0.29) is 23.0 Å². The number of nitrogens with zero attached hydrogens (tertiary/aromatic N) is 2. The van der Waals surface area contributed by atoms with Gasteiger partial charge in [0, 0.05) is 22.5 Å². The second kappa shape index (κ2) is 14.6. The van der Waals surface area contributed by atoms with Crippen LogP contribution in [0.3, 0.4) is 0 Å². The second-order valence-corrected chi connectivity index (χ2v) is 12.5. The van der Waals surface area contributed by atoms with Crippen LogP contribution < -0.4 is 14.4 Å². The Morgan fingerprint density at radius 3 is 2.25 bits per heavy atom. The van der Waals surface area contributed by atoms with E-state index in [0.717, 1.165) is 19.2 Å². The molecular formula is C29H34BrN3O5S2. The standard InChI is InChI=1S/C29H34BrN3O5S2/c1-5-31-29(35)21(3)32(19-22-11-13-23(30)14-12-22)28(34)20-33(26-9-7-8-10-27(26)38-6-2)40(36,37)25-17-15-24(39-4)16-18-25/h7-18,21H,5-6,19-20H2,1-4H3,(H,31,35). The molecule has 40 heavy (non-hydrogen) atoms. The lowest BCUT2D eigenvalue weighted by Gasteiger charge is -2.32. The monoisotopic (exact) mass is 647 g/mol. The smallest absolute Gasteiger partial charge is 0.264 e. The average molecular weight is 649 g/mol. The first kappa shape index (κ1) is 31.5. The molecule has 0 radical (unpaired) electrons. The number of likely N-dealkylation sites (N-methyl/N-ethyl adjacent to an activating group) is 1. The SMILES string of the molecule is CCNC(=O)C(C)N(Cc1ccc(Br)cc1)C(=O)CN(c1ccccc1OCC)S(=O)(=O)c1ccc(SC)cc1. The molecule has 0 spiro atoms. The van der Waals surface area contributed by atoms with Gasteiger partial charge in [-0.05, 0) is 81.1 Å². The lowest BCUT2D eigenvalue weighted by Crippen LogP contribution is -2.51. The van der Waals surface area contributed by atoms with Crippen LogP contribution in [0.4, 0.5) is 5.69 Å². The van der Waals surface area contributed by atoms with Gasteiger partial charge in [-0.25, -0.2) is 8.42 Å². The van der Waals surface area contributed by atoms with Gasteiger partial charge in [0.2, 0.25) is 11.8 Å². The summed E-state index contributed by atoms with van der Waals surface area (Å²) in [5.74, 6) is -0.527. The molecule has 0 aliphatic rings. The molecule has 3 aromatic rings. The zero-order valence-corrected chi connectivity index (χ0v) is 26.2. The topological polar surface area (TPSA) is 96.0 Å². The largest absolute Gasteiger partial charge is 0.492 e. The number of carbonyl (C=O) groups excluding carboxylic acids is 2. The van der Waals surface area contributed by atoms with Gasteiger partial charge >= 0.3 is 0 Å². The summed E-state index contributed by atoms with van der Waals surface area (Å²) < 4.78 is 35.8. The predicted molar refractivity (Wildman–Crippen MR) is 163 cm³/mol. The molecule has 11 heteroatoms. The highest BCUT2D eigenvalue weighted by atomic mass is 79.9. The molecular weight excluding hydrogens is 614 g/mol. The minimum atomic E-state index is -4.19. The highest BCUT2D eigenvalue weighted by molar-refractivity contribution is 9.10. The van der Waals surface area contributed by atoms with Crippen molar-refractivity contribution in [3.8, 4) is 5.75 Å². The number of para-hydroxylation sites is 2. The maximum atomic E-state index is 14.1. The van der Waals surface area contributed by atoms with Crippen molar-refractivity contribution in [3.05, 3.63) is 82.8 Å². The van der Waals surface area contributed by atoms with Crippen LogP contribution in [-0.4, -0.2) is 57.1 Å². The lowest BCUT2D eigenvalue weighted by molar-refractivity contribution is -0.139. The van der Waals surface area contributed by atoms with E-state index in [9.17, 15) is 18.0 Å². The van der Waals surface area contributed by atoms with E-state index in [0.29, 0.717) is 18.9 Å². The van der Waals surface area contributed by atoms with E-state index in [1.54, 1.807) is 57.2 Å². The number of nitrogens with one attached hydrogen (secondary N) is 1. The zero-order valence-electron chi connectivity index (χ0n) is 23.0. The summed E-state index contributed by atoms with van der Waals surface area (Å²) >= 11 is 4.91. The van der Waals surface area contributed by atoms with Crippen LogP contribution >= 0.6 is 27.7 Å². The van der Waals surface area contributed by atoms with Crippen LogP contribution in [0.2, 0.25) is 0 Å². The number of rotatable bonds is 13. The van der Waals surface area contributed by atoms with Gasteiger partial charge in [-0.1, -0.05) is 40.2 Å². The van der Waals surface area contributed by atoms with Crippen LogP contribution in [0.15, 0.2) is 87.1 Å². The molecule has 0 saturated heterocycles. The first-order chi connectivity index (χ1) is 19.1. The van der Waals surface area contributed by atoms with Gasteiger partial charge in [0.05, 0.1) is 17.2 Å². The van der Waals surface area contributed by atoms with Crippen molar-refractivity contribution in [2.75, 3.05) is 30.3 Å². The molecule has 0 aromatic heterocycles. The maximum Gasteiger partial charge on any atom is 0.264 e. The summed E-state index contributed by atoms with van der Waals surface area (Å²) in [7, 11) is -4.19. The summed E-state index contributed by atoms with van der Waals surface area (Å²) in [6.07, 6.45) is 1.91. The molecule has 0 bridgehead atoms. The van der Waals surface area contributed by atoms with Crippen molar-refractivity contribution in [1.82, 2.24) is 10.2 Å². The molecule has 3 aromatic carbocycles. The van der Waals surface area contributed by atoms with Crippen molar-refractivity contribution in [3.63, 3.8) is 0 Å². The van der Waals surface area contributed by atoms with Gasteiger partial charge in [0.15, 0.2) is 0 Å². The summed E-state index contributed by atoms with van der Waals surface area (Å²) in [5, 5.41) is 2.76. The second-order valence-electron chi connectivity index (χ2n) is 8.81. The molecule has 0 heterocycles. The molecule has 2 amide bonds. The Labute approximate surface area is 249 Å². The summed E-state index contributed by atoms with van der Waals surface area (Å²) in [4.78, 5) is 29.2. The molecule has 0 fully saturated rings. The number of carbonyl (C=O) groups is 2. The lowest BCUT2D eigenvalue weighted by atomic mass is 10.1. The van der Waals surface area contributed by atoms with Crippen molar-refractivity contribution < 1.29 is 22.7 Å². The quantitative estimate of drug-likeness (QED) is 0.252. The van der Waals surface area contributed by atoms with Crippen molar-refractivity contribution in [2.24, 2.45) is 0 Å². The number of ether oxygens (including phenoxy) is 1. The Hall–Kier alpha value is -3.02. The number of benzene rings is 3. The normalized spacial score (nSPS) is 11.9. The molecule has 8 nitrogen and oxygen atoms in total. The summed E-state index contributed by atoms with van der Waals surface area (Å²) in [5.41, 5.74) is 1.03. The first-order valence-electron chi connectivity index (χ1n) is 12.8. The highest BCUT2D eigenvalue weighted by Gasteiger charge is 2.33. The van der Waals surface area contributed by atoms with Crippen LogP contribution in [-0.2, 0) is 26.2 Å². The highest BCUT2D eigenvalue weighted by Crippen LogP contribution is 2.33. The first-order valence-corrected chi connectivity index (χ1v) is 16.3. The van der Waals surface area contributed by atoms with Crippen LogP contribution in [0, 0.1) is 0 Å². The Kier molecular flexibility index (Phi) is 11.5. The molecule has 214 valence electrons. The van der Waals surface area contributed by atoms with E-state index in [1.807, 2.05) is 30.5 Å². The molecule has 0 aliphatic heterocycles. The van der Waals surface area contributed by atoms with Crippen molar-refractivity contribution in [1.29, 1.82) is 0 Å². The molecule has 1 N–H and O–H groups in total. The molecule has 1 unspecified atom stereocenters. The third-order valence-corrected chi connectivity index (χ3v) is 9.19. The number of sulfonamides is 1. The minimum Gasteiger partial charge on any atom is -0.492 e. The van der Waals surface area contributed by atoms with E-state index < -0.39 is 28.5 Å². The van der Waals surface area contributed by atoms with Crippen LogP contribution in [0.25, 0.3) is 0 Å². The Balaban J connectivity index is 2.08. The van der Waals surface area contributed by atoms with Crippen molar-refractivity contribution in [2.45, 2.75) is 43.1 Å². The fourth-order valence-electron chi connectivity index (χ4n) is 4.02. The summed E-state index contributed by atoms with van der Waals surface area (Å²) in [6, 6.07) is 19.8. The van der Waals surface area contributed by atoms with E-state index in [1.165, 1.54) is 28.8 Å².